The highest BCUT2D eigenvalue weighted by Crippen LogP contribution is 2.44. The Kier molecular flexibility index (Phi) is 28.5. The van der Waals surface area contributed by atoms with Crippen molar-refractivity contribution in [3.8, 4) is 11.1 Å². The molecule has 0 amide bonds. The fraction of sp³-hybridized carbons (Fsp3) is 0.394. The van der Waals surface area contributed by atoms with Gasteiger partial charge < -0.3 is 58.5 Å². The van der Waals surface area contributed by atoms with Gasteiger partial charge in [-0.25, -0.2) is 0 Å². The van der Waals surface area contributed by atoms with E-state index >= 15 is 0 Å². The van der Waals surface area contributed by atoms with Crippen LogP contribution < -0.4 is 29.4 Å². The van der Waals surface area contributed by atoms with Crippen LogP contribution in [0.3, 0.4) is 0 Å². The highest BCUT2D eigenvalue weighted by atomic mass is 15.5. The molecule has 6 atom stereocenters. The van der Waals surface area contributed by atoms with Gasteiger partial charge in [-0.05, 0) is 327 Å². The highest BCUT2D eigenvalue weighted by molar-refractivity contribution is 5.75. The molecule has 117 heavy (non-hydrogen) atoms. The topological polar surface area (TPSA) is 65.0 Å². The van der Waals surface area contributed by atoms with Gasteiger partial charge in [-0.2, -0.15) is 0 Å². The Morgan fingerprint density at radius 3 is 0.872 bits per heavy atom. The van der Waals surface area contributed by atoms with Gasteiger partial charge in [0.25, 0.3) is 0 Å². The van der Waals surface area contributed by atoms with E-state index in [-0.39, 0.29) is 37.0 Å². The normalized spacial score (nSPS) is 18.4. The maximum Gasteiger partial charge on any atom is 0.247 e. The predicted octanol–water partition coefficient (Wildman–Crippen LogP) is 23.2. The molecule has 13 rings (SSSR count). The van der Waals surface area contributed by atoms with Gasteiger partial charge in [0, 0.05) is 79.5 Å². The van der Waals surface area contributed by atoms with Crippen LogP contribution in [0.2, 0.25) is 0 Å². The number of benzene rings is 7. The van der Waals surface area contributed by atoms with Crippen LogP contribution in [0.4, 0.5) is 34.1 Å². The quantitative estimate of drug-likeness (QED) is 0.143. The van der Waals surface area contributed by atoms with Gasteiger partial charge in [-0.15, -0.1) is 0 Å². The molecule has 0 spiro atoms. The van der Waals surface area contributed by atoms with Gasteiger partial charge in [0.05, 0.1) is 0 Å². The Labute approximate surface area is 702 Å². The molecule has 0 bridgehead atoms. The molecule has 0 fully saturated rings. The molecule has 7 aromatic carbocycles. The van der Waals surface area contributed by atoms with Gasteiger partial charge in [-0.3, -0.25) is 29.4 Å². The average Bonchev–Trinajstić information content (AvgIpc) is 1.68. The number of hydrogen-bond donors (Lipinski definition) is 0. The van der Waals surface area contributed by atoms with Gasteiger partial charge in [0.2, 0.25) is 34.9 Å². The summed E-state index contributed by atoms with van der Waals surface area (Å²) < 4.78 is 0. The Bertz CT molecular complexity index is 5400. The minimum absolute atomic E-state index is 0.147. The molecule has 18 nitrogen and oxygen atoms in total. The van der Waals surface area contributed by atoms with E-state index in [0.717, 1.165) is 11.4 Å². The Balaban J connectivity index is 0.000000175. The summed E-state index contributed by atoms with van der Waals surface area (Å²) in [5.74, 6) is 4.16. The molecule has 0 aromatic heterocycles. The van der Waals surface area contributed by atoms with Crippen molar-refractivity contribution in [3.63, 3.8) is 0 Å². The molecule has 6 heterocycles. The lowest BCUT2D eigenvalue weighted by Gasteiger charge is -2.29. The summed E-state index contributed by atoms with van der Waals surface area (Å²) in [6.07, 6.45) is 12.6. The first-order valence-electron chi connectivity index (χ1n) is 40.2. The summed E-state index contributed by atoms with van der Waals surface area (Å²) in [6.45, 7) is 102. The smallest absolute Gasteiger partial charge is 0.247 e. The standard InChI is InChI=1S/C19H19N3.C17H23N3.3C16H21N3.C15H19N3/c1-14-10-11-17(16-8-6-5-7-9-16)12-18(14)22-15(2)21(4)13-19(22)20-3;1-10-11(2)13(4)17(14(5)12(10)3)20-15(6)19(8)9-16(20)18-7;1-10-8-15(13(4)12(3)11(10)2)19-14(5)18(7)9-16(19)17-6;1-10-8-11(2)16(13(4)12(10)3)19-14(5)18(7)9-15(19)17-6;1-10-8-11(2)13(4)16(12(10)3)19-14(5)18(7)9-15(19)17-6;1-10-7-8-11(2)15(12(10)3)18-13(4)17(6)9-14(18)16-5/h5-13,15H,1-2,4H3;9,15H,1-6,8H3;3*8-9,14H,1-5,7H3;7-9,13H,1-4,6H3/t2*15-;3*14-;13-/m000000/s1. The number of aryl methyl sites for hydroxylation is 8. The van der Waals surface area contributed by atoms with E-state index < -0.39 is 0 Å². The minimum Gasteiger partial charge on any atom is -0.363 e. The third-order valence-electron chi connectivity index (χ3n) is 25.6. The minimum atomic E-state index is 0.147. The van der Waals surface area contributed by atoms with E-state index in [4.69, 9.17) is 39.4 Å². The third kappa shape index (κ3) is 17.7. The van der Waals surface area contributed by atoms with Crippen molar-refractivity contribution in [2.24, 2.45) is 0 Å². The Morgan fingerprint density at radius 2 is 0.479 bits per heavy atom. The van der Waals surface area contributed by atoms with Crippen molar-refractivity contribution in [1.29, 1.82) is 0 Å². The number of hydrogen-bond acceptors (Lipinski definition) is 12. The van der Waals surface area contributed by atoms with E-state index in [2.05, 4.69) is 335 Å². The lowest BCUT2D eigenvalue weighted by atomic mass is 9.92. The highest BCUT2D eigenvalue weighted by Gasteiger charge is 2.39. The van der Waals surface area contributed by atoms with Crippen LogP contribution in [0, 0.1) is 185 Å². The first-order chi connectivity index (χ1) is 55.0. The summed E-state index contributed by atoms with van der Waals surface area (Å²) in [6, 6.07) is 27.7. The van der Waals surface area contributed by atoms with E-state index in [9.17, 15) is 0 Å². The fourth-order valence-corrected chi connectivity index (χ4v) is 16.2. The van der Waals surface area contributed by atoms with E-state index in [1.54, 1.807) is 0 Å². The number of anilines is 6. The molecule has 0 radical (unpaired) electrons. The first-order valence-corrected chi connectivity index (χ1v) is 40.2. The summed E-state index contributed by atoms with van der Waals surface area (Å²) in [4.78, 5) is 47.4. The summed E-state index contributed by atoms with van der Waals surface area (Å²) >= 11 is 0. The van der Waals surface area contributed by atoms with Gasteiger partial charge >= 0.3 is 0 Å². The van der Waals surface area contributed by atoms with Crippen molar-refractivity contribution >= 4 is 34.1 Å². The van der Waals surface area contributed by atoms with Crippen LogP contribution in [0.25, 0.3) is 40.2 Å². The Morgan fingerprint density at radius 1 is 0.214 bits per heavy atom. The maximum absolute atomic E-state index is 7.44. The molecule has 610 valence electrons. The predicted molar refractivity (Wildman–Crippen MR) is 490 cm³/mol. The van der Waals surface area contributed by atoms with Gasteiger partial charge in [0.1, 0.15) is 34.1 Å². The van der Waals surface area contributed by atoms with Crippen LogP contribution in [0.1, 0.15) is 158 Å². The first kappa shape index (κ1) is 90.1. The fourth-order valence-electron chi connectivity index (χ4n) is 16.2. The molecular weight excluding hydrogens is 1440 g/mol. The van der Waals surface area contributed by atoms with Crippen molar-refractivity contribution in [3.05, 3.63) is 336 Å². The summed E-state index contributed by atoms with van der Waals surface area (Å²) in [5, 5.41) is 0. The molecule has 0 unspecified atom stereocenters. The van der Waals surface area contributed by atoms with Crippen LogP contribution in [-0.2, 0) is 0 Å². The Hall–Kier alpha value is -12.5. The SMILES string of the molecule is [C-]#[N+]C1=CN(C)[C@H](C)N1c1c(C)c(C)c(C)c(C)c1C.[C-]#[N+]C1=CN(C)[C@H](C)N1c1c(C)c(C)cc(C)c1C.[C-]#[N+]C1=CN(C)[C@H](C)N1c1c(C)cc(C)c(C)c1C.[C-]#[N+]C1=CN(C)[C@H](C)N1c1c(C)ccc(C)c1C.[C-]#[N+]C1=CN(C)[C@H](C)N1c1cc(-c2ccccc2)ccc1C.[C-]#[N+]C1=CN(C)[C@H](C)N1c1cc(C)c(C)c(C)c1C. The zero-order valence-electron chi connectivity index (χ0n) is 76.0. The van der Waals surface area contributed by atoms with E-state index in [0.29, 0.717) is 34.9 Å². The van der Waals surface area contributed by atoms with Crippen LogP contribution in [0.5, 0.6) is 0 Å². The largest absolute Gasteiger partial charge is 0.363 e. The lowest BCUT2D eigenvalue weighted by Crippen LogP contribution is -2.36. The van der Waals surface area contributed by atoms with E-state index in [1.807, 2.05) is 97.7 Å². The molecule has 6 aliphatic rings. The molecular formula is C99H124N18. The number of rotatable bonds is 7. The number of nitrogens with zero attached hydrogens (tertiary/aromatic N) is 18. The lowest BCUT2D eigenvalue weighted by molar-refractivity contribution is 0.382. The zero-order chi connectivity index (χ0) is 87.3. The maximum atomic E-state index is 7.44. The zero-order valence-corrected chi connectivity index (χ0v) is 76.0. The molecule has 7 aromatic rings. The van der Waals surface area contributed by atoms with Crippen LogP contribution >= 0.6 is 0 Å². The second-order valence-electron chi connectivity index (χ2n) is 32.4. The van der Waals surface area contributed by atoms with Crippen LogP contribution in [0.15, 0.2) is 151 Å². The van der Waals surface area contributed by atoms with Crippen molar-refractivity contribution in [1.82, 2.24) is 29.4 Å². The molecule has 0 saturated heterocycles. The van der Waals surface area contributed by atoms with E-state index in [1.165, 1.54) is 151 Å². The second-order valence-corrected chi connectivity index (χ2v) is 32.4. The summed E-state index contributed by atoms with van der Waals surface area (Å²) in [7, 11) is 12.1. The van der Waals surface area contributed by atoms with Gasteiger partial charge in [-0.1, -0.05) is 106 Å². The van der Waals surface area contributed by atoms with Crippen molar-refractivity contribution < 1.29 is 0 Å². The summed E-state index contributed by atoms with van der Waals surface area (Å²) in [5.41, 5.74) is 36.3. The third-order valence-corrected chi connectivity index (χ3v) is 25.6. The molecule has 0 N–H and O–H groups in total. The average molecular weight is 1570 g/mol. The molecule has 18 heteroatoms. The molecule has 0 aliphatic carbocycles. The van der Waals surface area contributed by atoms with Gasteiger partial charge in [0.15, 0.2) is 37.0 Å². The molecule has 6 aliphatic heterocycles. The van der Waals surface area contributed by atoms with Crippen LogP contribution in [-0.4, -0.2) is 109 Å². The second kappa shape index (κ2) is 37.0. The van der Waals surface area contributed by atoms with Crippen molar-refractivity contribution in [2.75, 3.05) is 71.7 Å². The molecule has 0 saturated carbocycles. The van der Waals surface area contributed by atoms with Crippen molar-refractivity contribution in [2.45, 2.75) is 224 Å². The monoisotopic (exact) mass is 1570 g/mol.